The molecule has 1 aromatic carbocycles. The largest absolute Gasteiger partial charge is 0.707 e. The Hall–Kier alpha value is -1.48. The third-order valence-corrected chi connectivity index (χ3v) is 1.37. The number of hydrogen-bond donors (Lipinski definition) is 2. The molecule has 0 bridgehead atoms. The van der Waals surface area contributed by atoms with Crippen molar-refractivity contribution in [2.75, 3.05) is 0 Å². The number of alkyl halides is 3. The molecule has 0 unspecified atom stereocenters. The van der Waals surface area contributed by atoms with Gasteiger partial charge < -0.3 is 19.4 Å². The van der Waals surface area contributed by atoms with Gasteiger partial charge in [-0.2, -0.15) is 0 Å². The SMILES string of the molecule is OB(O)Oc1ccc(F)c(OC(F)(F)F)c1. The second-order valence-electron chi connectivity index (χ2n) is 2.58. The molecule has 1 rings (SSSR count). The first-order valence-corrected chi connectivity index (χ1v) is 3.86. The molecule has 0 aromatic heterocycles. The average molecular weight is 240 g/mol. The molecule has 0 spiro atoms. The van der Waals surface area contributed by atoms with E-state index in [0.29, 0.717) is 12.1 Å². The Balaban J connectivity index is 2.90. The Labute approximate surface area is 87.2 Å². The minimum absolute atomic E-state index is 0.379. The number of ether oxygens (including phenoxy) is 1. The van der Waals surface area contributed by atoms with E-state index in [-0.39, 0.29) is 5.75 Å². The summed E-state index contributed by atoms with van der Waals surface area (Å²) in [6.07, 6.45) is -5.04. The molecule has 9 heteroatoms. The zero-order chi connectivity index (χ0) is 12.3. The topological polar surface area (TPSA) is 58.9 Å². The molecule has 0 heterocycles. The smallest absolute Gasteiger partial charge is 0.512 e. The molecule has 2 N–H and O–H groups in total. The maximum absolute atomic E-state index is 12.8. The summed E-state index contributed by atoms with van der Waals surface area (Å²) in [4.78, 5) is 0. The highest BCUT2D eigenvalue weighted by atomic mass is 19.4. The van der Waals surface area contributed by atoms with E-state index in [4.69, 9.17) is 10.0 Å². The van der Waals surface area contributed by atoms with Gasteiger partial charge in [-0.15, -0.1) is 13.2 Å². The van der Waals surface area contributed by atoms with Crippen molar-refractivity contribution in [3.8, 4) is 11.5 Å². The number of rotatable bonds is 3. The van der Waals surface area contributed by atoms with Crippen molar-refractivity contribution in [1.82, 2.24) is 0 Å². The van der Waals surface area contributed by atoms with Crippen LogP contribution in [0.25, 0.3) is 0 Å². The van der Waals surface area contributed by atoms with Gasteiger partial charge in [0, 0.05) is 6.07 Å². The predicted octanol–water partition coefficient (Wildman–Crippen LogP) is 1.07. The molecule has 16 heavy (non-hydrogen) atoms. The van der Waals surface area contributed by atoms with Crippen LogP contribution in [-0.2, 0) is 0 Å². The molecule has 88 valence electrons. The van der Waals surface area contributed by atoms with E-state index in [1.807, 2.05) is 0 Å². The Morgan fingerprint density at radius 1 is 1.19 bits per heavy atom. The number of benzene rings is 1. The molecule has 0 saturated carbocycles. The van der Waals surface area contributed by atoms with Crippen LogP contribution < -0.4 is 9.39 Å². The molecular formula is C7H5BF4O4. The van der Waals surface area contributed by atoms with Crippen LogP contribution in [-0.4, -0.2) is 23.7 Å². The fourth-order valence-corrected chi connectivity index (χ4v) is 0.882. The zero-order valence-electron chi connectivity index (χ0n) is 7.53. The van der Waals surface area contributed by atoms with Crippen molar-refractivity contribution >= 4 is 7.32 Å². The van der Waals surface area contributed by atoms with Crippen molar-refractivity contribution in [3.63, 3.8) is 0 Å². The fraction of sp³-hybridized carbons (Fsp3) is 0.143. The van der Waals surface area contributed by atoms with Crippen LogP contribution in [0.4, 0.5) is 17.6 Å². The predicted molar refractivity (Wildman–Crippen MR) is 43.9 cm³/mol. The Morgan fingerprint density at radius 2 is 1.81 bits per heavy atom. The Morgan fingerprint density at radius 3 is 2.31 bits per heavy atom. The van der Waals surface area contributed by atoms with Crippen LogP contribution in [0.15, 0.2) is 18.2 Å². The second kappa shape index (κ2) is 4.58. The first-order chi connectivity index (χ1) is 7.28. The second-order valence-corrected chi connectivity index (χ2v) is 2.58. The normalized spacial score (nSPS) is 11.1. The monoisotopic (exact) mass is 240 g/mol. The third-order valence-electron chi connectivity index (χ3n) is 1.37. The summed E-state index contributed by atoms with van der Waals surface area (Å²) in [5.41, 5.74) is 0. The maximum Gasteiger partial charge on any atom is 0.707 e. The third kappa shape index (κ3) is 3.95. The Kier molecular flexibility index (Phi) is 3.60. The van der Waals surface area contributed by atoms with Gasteiger partial charge in [0.05, 0.1) is 0 Å². The highest BCUT2D eigenvalue weighted by molar-refractivity contribution is 6.33. The summed E-state index contributed by atoms with van der Waals surface area (Å²) in [5, 5.41) is 16.8. The summed E-state index contributed by atoms with van der Waals surface area (Å²) in [6.45, 7) is 0. The van der Waals surface area contributed by atoms with Crippen LogP contribution in [0, 0.1) is 5.82 Å². The lowest BCUT2D eigenvalue weighted by Gasteiger charge is -2.11. The van der Waals surface area contributed by atoms with E-state index in [0.717, 1.165) is 6.07 Å². The zero-order valence-corrected chi connectivity index (χ0v) is 7.53. The summed E-state index contributed by atoms with van der Waals surface area (Å²) < 4.78 is 55.8. The summed E-state index contributed by atoms with van der Waals surface area (Å²) in [6, 6.07) is 2.10. The van der Waals surface area contributed by atoms with Gasteiger partial charge in [0.25, 0.3) is 0 Å². The van der Waals surface area contributed by atoms with Gasteiger partial charge in [-0.05, 0) is 12.1 Å². The van der Waals surface area contributed by atoms with Gasteiger partial charge in [-0.25, -0.2) is 4.39 Å². The molecule has 1 aromatic rings. The fourth-order valence-electron chi connectivity index (χ4n) is 0.882. The molecular weight excluding hydrogens is 235 g/mol. The van der Waals surface area contributed by atoms with Crippen molar-refractivity contribution in [1.29, 1.82) is 0 Å². The molecule has 0 aliphatic carbocycles. The van der Waals surface area contributed by atoms with Crippen LogP contribution in [0.1, 0.15) is 0 Å². The van der Waals surface area contributed by atoms with E-state index in [1.165, 1.54) is 0 Å². The van der Waals surface area contributed by atoms with Crippen LogP contribution >= 0.6 is 0 Å². The standard InChI is InChI=1S/C7H5BF4O4/c9-5-2-1-4(16-8(13)14)3-6(5)15-7(10,11)12/h1-3,13-14H. The minimum atomic E-state index is -5.04. The average Bonchev–Trinajstić information content (AvgIpc) is 2.07. The van der Waals surface area contributed by atoms with E-state index < -0.39 is 25.3 Å². The van der Waals surface area contributed by atoms with E-state index >= 15 is 0 Å². The molecule has 0 atom stereocenters. The van der Waals surface area contributed by atoms with Crippen molar-refractivity contribution < 1.29 is 37.0 Å². The van der Waals surface area contributed by atoms with Crippen molar-refractivity contribution in [2.45, 2.75) is 6.36 Å². The first kappa shape index (κ1) is 12.6. The molecule has 0 fully saturated rings. The van der Waals surface area contributed by atoms with Crippen molar-refractivity contribution in [3.05, 3.63) is 24.0 Å². The lowest BCUT2D eigenvalue weighted by atomic mass is 10.2. The summed E-state index contributed by atoms with van der Waals surface area (Å²) >= 11 is 0. The van der Waals surface area contributed by atoms with Gasteiger partial charge in [-0.1, -0.05) is 0 Å². The van der Waals surface area contributed by atoms with Gasteiger partial charge in [0.15, 0.2) is 11.6 Å². The van der Waals surface area contributed by atoms with Crippen LogP contribution in [0.2, 0.25) is 0 Å². The molecule has 0 radical (unpaired) electrons. The van der Waals surface area contributed by atoms with Gasteiger partial charge in [0.1, 0.15) is 5.75 Å². The molecule has 0 saturated heterocycles. The number of hydrogen-bond acceptors (Lipinski definition) is 4. The highest BCUT2D eigenvalue weighted by Crippen LogP contribution is 2.29. The molecule has 0 aliphatic rings. The molecule has 0 amide bonds. The summed E-state index contributed by atoms with van der Waals surface area (Å²) in [5.74, 6) is -2.75. The first-order valence-electron chi connectivity index (χ1n) is 3.86. The van der Waals surface area contributed by atoms with Crippen LogP contribution in [0.5, 0.6) is 11.5 Å². The highest BCUT2D eigenvalue weighted by Gasteiger charge is 2.32. The summed E-state index contributed by atoms with van der Waals surface area (Å²) in [7, 11) is -2.22. The van der Waals surface area contributed by atoms with E-state index in [1.54, 1.807) is 0 Å². The molecule has 0 aliphatic heterocycles. The Bertz CT molecular complexity index is 368. The van der Waals surface area contributed by atoms with E-state index in [2.05, 4.69) is 9.39 Å². The van der Waals surface area contributed by atoms with Gasteiger partial charge in [-0.3, -0.25) is 0 Å². The van der Waals surface area contributed by atoms with Gasteiger partial charge in [0.2, 0.25) is 0 Å². The lowest BCUT2D eigenvalue weighted by Crippen LogP contribution is -2.21. The minimum Gasteiger partial charge on any atom is -0.512 e. The molecule has 4 nitrogen and oxygen atoms in total. The van der Waals surface area contributed by atoms with Crippen molar-refractivity contribution in [2.24, 2.45) is 0 Å². The number of halogens is 4. The van der Waals surface area contributed by atoms with E-state index in [9.17, 15) is 17.6 Å². The lowest BCUT2D eigenvalue weighted by molar-refractivity contribution is -0.275. The maximum atomic E-state index is 12.8. The van der Waals surface area contributed by atoms with Crippen LogP contribution in [0.3, 0.4) is 0 Å². The van der Waals surface area contributed by atoms with Gasteiger partial charge >= 0.3 is 13.7 Å². The quantitative estimate of drug-likeness (QED) is 0.612.